The lowest BCUT2D eigenvalue weighted by atomic mass is 9.82. The smallest absolute Gasteiger partial charge is 0.0710 e. The summed E-state index contributed by atoms with van der Waals surface area (Å²) in [7, 11) is 0. The van der Waals surface area contributed by atoms with Crippen LogP contribution in [0.4, 0.5) is 0 Å². The Hall–Kier alpha value is -1.08. The highest BCUT2D eigenvalue weighted by Gasteiger charge is 2.57. The molecule has 0 aromatic heterocycles. The zero-order valence-electron chi connectivity index (χ0n) is 10.9. The normalized spacial score (nSPS) is 49.4. The first-order chi connectivity index (χ1) is 8.81. The monoisotopic (exact) mass is 242 g/mol. The van der Waals surface area contributed by atoms with Gasteiger partial charge in [-0.3, -0.25) is 0 Å². The molecule has 0 bridgehead atoms. The molecule has 0 radical (unpaired) electrons. The maximum atomic E-state index is 6.00. The van der Waals surface area contributed by atoms with E-state index in [1.165, 1.54) is 6.42 Å². The van der Waals surface area contributed by atoms with E-state index in [1.54, 1.807) is 0 Å². The highest BCUT2D eigenvalue weighted by atomic mass is 16.5. The molecule has 2 aliphatic carbocycles. The van der Waals surface area contributed by atoms with E-state index in [4.69, 9.17) is 4.74 Å². The molecule has 18 heavy (non-hydrogen) atoms. The van der Waals surface area contributed by atoms with Crippen LogP contribution in [0, 0.1) is 35.5 Å². The van der Waals surface area contributed by atoms with E-state index in [0.717, 1.165) is 6.61 Å². The van der Waals surface area contributed by atoms with Gasteiger partial charge in [0.25, 0.3) is 0 Å². The van der Waals surface area contributed by atoms with Gasteiger partial charge in [-0.05, 0) is 30.1 Å². The summed E-state index contributed by atoms with van der Waals surface area (Å²) in [4.78, 5) is 0. The molecule has 2 fully saturated rings. The lowest BCUT2D eigenvalue weighted by molar-refractivity contribution is 0.0179. The second-order valence-corrected chi connectivity index (χ2v) is 5.81. The number of hydrogen-bond acceptors (Lipinski definition) is 1. The molecule has 1 heteroatoms. The Kier molecular flexibility index (Phi) is 3.03. The Balaban J connectivity index is 2.01. The molecule has 0 N–H and O–H groups in total. The van der Waals surface area contributed by atoms with Gasteiger partial charge in [0, 0.05) is 11.8 Å². The molecule has 96 valence electrons. The highest BCUT2D eigenvalue weighted by Crippen LogP contribution is 2.59. The van der Waals surface area contributed by atoms with Crippen molar-refractivity contribution in [1.29, 1.82) is 0 Å². The van der Waals surface area contributed by atoms with Crippen molar-refractivity contribution in [2.45, 2.75) is 12.5 Å². The summed E-state index contributed by atoms with van der Waals surface area (Å²) in [6, 6.07) is 0. The molecule has 3 aliphatic rings. The Morgan fingerprint density at radius 2 is 1.72 bits per heavy atom. The van der Waals surface area contributed by atoms with Crippen molar-refractivity contribution in [2.24, 2.45) is 35.5 Å². The van der Waals surface area contributed by atoms with Crippen LogP contribution in [0.15, 0.2) is 50.1 Å². The van der Waals surface area contributed by atoms with Crippen molar-refractivity contribution in [3.8, 4) is 0 Å². The Morgan fingerprint density at radius 3 is 2.39 bits per heavy atom. The molecular weight excluding hydrogens is 220 g/mol. The quantitative estimate of drug-likeness (QED) is 0.687. The van der Waals surface area contributed by atoms with Gasteiger partial charge in [0.2, 0.25) is 0 Å². The summed E-state index contributed by atoms with van der Waals surface area (Å²) in [6.45, 7) is 12.9. The molecule has 2 saturated carbocycles. The summed E-state index contributed by atoms with van der Waals surface area (Å²) in [5.74, 6) is 3.50. The first-order valence-electron chi connectivity index (χ1n) is 6.97. The zero-order valence-corrected chi connectivity index (χ0v) is 10.9. The van der Waals surface area contributed by atoms with Crippen molar-refractivity contribution in [2.75, 3.05) is 6.61 Å². The minimum atomic E-state index is 0.327. The van der Waals surface area contributed by atoms with Gasteiger partial charge in [-0.1, -0.05) is 30.4 Å². The molecule has 0 amide bonds. The molecule has 3 rings (SSSR count). The molecule has 0 aromatic carbocycles. The second-order valence-electron chi connectivity index (χ2n) is 5.81. The van der Waals surface area contributed by atoms with Gasteiger partial charge >= 0.3 is 0 Å². The molecule has 0 spiro atoms. The average Bonchev–Trinajstić information content (AvgIpc) is 2.93. The standard InChI is InChI=1S/C17H22O/c1-4-11-10-12(5-2)16-14-8-7-9-18-17(14)13(6-3)15(11)16/h4-8,11-17H,1-3,9-10H2/t11-,12+,13+,14-,15-,16+,17-/m1/s1. The lowest BCUT2D eigenvalue weighted by Gasteiger charge is -2.29. The lowest BCUT2D eigenvalue weighted by Crippen LogP contribution is -2.30. The van der Waals surface area contributed by atoms with E-state index in [2.05, 4.69) is 50.1 Å². The van der Waals surface area contributed by atoms with Gasteiger partial charge in [-0.15, -0.1) is 19.7 Å². The summed E-state index contributed by atoms with van der Waals surface area (Å²) < 4.78 is 6.00. The van der Waals surface area contributed by atoms with E-state index < -0.39 is 0 Å². The zero-order chi connectivity index (χ0) is 12.7. The molecule has 0 unspecified atom stereocenters. The molecule has 1 heterocycles. The van der Waals surface area contributed by atoms with Gasteiger partial charge in [0.05, 0.1) is 12.7 Å². The number of fused-ring (bicyclic) bond motifs is 3. The van der Waals surface area contributed by atoms with Crippen molar-refractivity contribution in [3.63, 3.8) is 0 Å². The summed E-state index contributed by atoms with van der Waals surface area (Å²) in [5.41, 5.74) is 0. The largest absolute Gasteiger partial charge is 0.373 e. The van der Waals surface area contributed by atoms with Crippen LogP contribution < -0.4 is 0 Å². The number of rotatable bonds is 3. The number of ether oxygens (including phenoxy) is 1. The predicted octanol–water partition coefficient (Wildman–Crippen LogP) is 3.61. The van der Waals surface area contributed by atoms with E-state index in [1.807, 2.05) is 0 Å². The topological polar surface area (TPSA) is 9.23 Å². The molecule has 1 nitrogen and oxygen atoms in total. The minimum Gasteiger partial charge on any atom is -0.373 e. The SMILES string of the molecule is C=C[C@@H]1[C@H]2OCC=C[C@@H]2[C@H]2[C@@H]1[C@H](C=C)C[C@@H]2C=C. The van der Waals surface area contributed by atoms with Crippen LogP contribution in [-0.2, 0) is 4.74 Å². The molecule has 0 aromatic rings. The third-order valence-electron chi connectivity index (χ3n) is 5.25. The summed E-state index contributed by atoms with van der Waals surface area (Å²) >= 11 is 0. The van der Waals surface area contributed by atoms with Crippen molar-refractivity contribution >= 4 is 0 Å². The van der Waals surface area contributed by atoms with Gasteiger partial charge in [-0.25, -0.2) is 0 Å². The molecular formula is C17H22O. The van der Waals surface area contributed by atoms with Crippen LogP contribution >= 0.6 is 0 Å². The van der Waals surface area contributed by atoms with E-state index in [0.29, 0.717) is 41.6 Å². The number of allylic oxidation sites excluding steroid dienone is 2. The third-order valence-corrected chi connectivity index (χ3v) is 5.25. The fraction of sp³-hybridized carbons (Fsp3) is 0.529. The second kappa shape index (κ2) is 4.55. The maximum Gasteiger partial charge on any atom is 0.0710 e. The minimum absolute atomic E-state index is 0.327. The highest BCUT2D eigenvalue weighted by molar-refractivity contribution is 5.20. The first-order valence-corrected chi connectivity index (χ1v) is 6.97. The summed E-state index contributed by atoms with van der Waals surface area (Å²) in [6.07, 6.45) is 12.5. The van der Waals surface area contributed by atoms with Crippen LogP contribution in [0.1, 0.15) is 6.42 Å². The van der Waals surface area contributed by atoms with Crippen LogP contribution in [0.5, 0.6) is 0 Å². The van der Waals surface area contributed by atoms with Crippen LogP contribution in [-0.4, -0.2) is 12.7 Å². The van der Waals surface area contributed by atoms with Gasteiger partial charge in [0.1, 0.15) is 0 Å². The van der Waals surface area contributed by atoms with Gasteiger partial charge < -0.3 is 4.74 Å². The van der Waals surface area contributed by atoms with Gasteiger partial charge in [0.15, 0.2) is 0 Å². The fourth-order valence-corrected chi connectivity index (χ4v) is 4.62. The fourth-order valence-electron chi connectivity index (χ4n) is 4.62. The molecule has 0 saturated heterocycles. The maximum absolute atomic E-state index is 6.00. The summed E-state index contributed by atoms with van der Waals surface area (Å²) in [5, 5.41) is 0. The van der Waals surface area contributed by atoms with Crippen molar-refractivity contribution in [3.05, 3.63) is 50.1 Å². The van der Waals surface area contributed by atoms with Crippen molar-refractivity contribution in [1.82, 2.24) is 0 Å². The number of hydrogen-bond donors (Lipinski definition) is 0. The van der Waals surface area contributed by atoms with E-state index in [9.17, 15) is 0 Å². The predicted molar refractivity (Wildman–Crippen MR) is 75.0 cm³/mol. The van der Waals surface area contributed by atoms with E-state index >= 15 is 0 Å². The Bertz CT molecular complexity index is 394. The Labute approximate surface area is 110 Å². The van der Waals surface area contributed by atoms with E-state index in [-0.39, 0.29) is 0 Å². The molecule has 7 atom stereocenters. The van der Waals surface area contributed by atoms with Crippen molar-refractivity contribution < 1.29 is 4.74 Å². The Morgan fingerprint density at radius 1 is 1.00 bits per heavy atom. The average molecular weight is 242 g/mol. The first kappa shape index (κ1) is 12.0. The van der Waals surface area contributed by atoms with Crippen LogP contribution in [0.3, 0.4) is 0 Å². The van der Waals surface area contributed by atoms with Crippen LogP contribution in [0.2, 0.25) is 0 Å². The third kappa shape index (κ3) is 1.50. The van der Waals surface area contributed by atoms with Crippen LogP contribution in [0.25, 0.3) is 0 Å². The molecule has 1 aliphatic heterocycles. The van der Waals surface area contributed by atoms with Gasteiger partial charge in [-0.2, -0.15) is 0 Å².